The molecule has 0 fully saturated rings. The summed E-state index contributed by atoms with van der Waals surface area (Å²) in [5.41, 5.74) is 8.73. The first-order chi connectivity index (χ1) is 26.3. The van der Waals surface area contributed by atoms with Gasteiger partial charge in [0.05, 0.1) is 38.0 Å². The molecule has 12 aromatic rings. The van der Waals surface area contributed by atoms with Crippen molar-refractivity contribution in [2.24, 2.45) is 0 Å². The van der Waals surface area contributed by atoms with E-state index in [1.54, 1.807) is 11.3 Å². The first-order valence-corrected chi connectivity index (χ1v) is 18.7. The highest BCUT2D eigenvalue weighted by molar-refractivity contribution is 7.26. The molecule has 0 bridgehead atoms. The highest BCUT2D eigenvalue weighted by Gasteiger charge is 2.23. The third kappa shape index (κ3) is 4.05. The van der Waals surface area contributed by atoms with E-state index in [0.29, 0.717) is 5.95 Å². The summed E-state index contributed by atoms with van der Waals surface area (Å²) in [6.07, 6.45) is 0. The van der Waals surface area contributed by atoms with E-state index in [1.807, 2.05) is 0 Å². The summed E-state index contributed by atoms with van der Waals surface area (Å²) < 4.78 is 7.02. The Kier molecular flexibility index (Phi) is 5.90. The molecule has 4 heterocycles. The van der Waals surface area contributed by atoms with Gasteiger partial charge in [0.15, 0.2) is 0 Å². The maximum atomic E-state index is 5.59. The summed E-state index contributed by atoms with van der Waals surface area (Å²) in [6, 6.07) is 61.1. The molecule has 0 unspecified atom stereocenters. The number of fused-ring (bicyclic) bond motifs is 12. The van der Waals surface area contributed by atoms with Crippen LogP contribution in [0.3, 0.4) is 0 Å². The van der Waals surface area contributed by atoms with Gasteiger partial charge in [-0.2, -0.15) is 0 Å². The van der Waals surface area contributed by atoms with Crippen molar-refractivity contribution in [3.63, 3.8) is 0 Å². The molecule has 0 saturated carbocycles. The predicted octanol–water partition coefficient (Wildman–Crippen LogP) is 13.0. The molecule has 4 aromatic heterocycles. The molecule has 0 amide bonds. The molecule has 4 nitrogen and oxygen atoms in total. The second-order valence-corrected chi connectivity index (χ2v) is 14.8. The van der Waals surface area contributed by atoms with Crippen molar-refractivity contribution in [3.8, 4) is 22.9 Å². The average molecular weight is 693 g/mol. The van der Waals surface area contributed by atoms with Crippen LogP contribution in [0.2, 0.25) is 0 Å². The van der Waals surface area contributed by atoms with E-state index in [-0.39, 0.29) is 0 Å². The maximum absolute atomic E-state index is 5.59. The van der Waals surface area contributed by atoms with Crippen molar-refractivity contribution in [1.29, 1.82) is 0 Å². The standard InChI is InChI=1S/C48H28N4S/c1-2-16-31(17-3-1)51-39-23-10-8-20-34(39)37-27-42-38(28-41(37)51)44-33-19-7-5-14-30(33)25-26-40(44)52(42)48-49-45(35-22-12-15-29-13-4-6-18-32(29)35)47-46(50-48)36-21-9-11-24-43(36)53-47/h1-28H. The highest BCUT2D eigenvalue weighted by atomic mass is 32.1. The van der Waals surface area contributed by atoms with Gasteiger partial charge in [-0.1, -0.05) is 127 Å². The monoisotopic (exact) mass is 692 g/mol. The number of hydrogen-bond donors (Lipinski definition) is 0. The molecule has 0 atom stereocenters. The van der Waals surface area contributed by atoms with Gasteiger partial charge in [-0.25, -0.2) is 9.97 Å². The minimum Gasteiger partial charge on any atom is -0.309 e. The van der Waals surface area contributed by atoms with Crippen LogP contribution in [0.5, 0.6) is 0 Å². The van der Waals surface area contributed by atoms with Crippen molar-refractivity contribution in [1.82, 2.24) is 19.1 Å². The Bertz CT molecular complexity index is 3450. The zero-order valence-electron chi connectivity index (χ0n) is 28.4. The Morgan fingerprint density at radius 1 is 0.415 bits per heavy atom. The van der Waals surface area contributed by atoms with Gasteiger partial charge in [0.1, 0.15) is 0 Å². The molecular weight excluding hydrogens is 665 g/mol. The predicted molar refractivity (Wildman–Crippen MR) is 224 cm³/mol. The summed E-state index contributed by atoms with van der Waals surface area (Å²) in [5.74, 6) is 0.672. The van der Waals surface area contributed by atoms with Crippen molar-refractivity contribution < 1.29 is 0 Å². The van der Waals surface area contributed by atoms with E-state index in [9.17, 15) is 0 Å². The van der Waals surface area contributed by atoms with Crippen LogP contribution >= 0.6 is 11.3 Å². The fourth-order valence-electron chi connectivity index (χ4n) is 8.61. The summed E-state index contributed by atoms with van der Waals surface area (Å²) >= 11 is 1.77. The van der Waals surface area contributed by atoms with Gasteiger partial charge < -0.3 is 4.57 Å². The average Bonchev–Trinajstić information content (AvgIpc) is 3.87. The summed E-state index contributed by atoms with van der Waals surface area (Å²) in [5, 5.41) is 10.7. The third-order valence-corrected chi connectivity index (χ3v) is 12.1. The van der Waals surface area contributed by atoms with E-state index in [0.717, 1.165) is 43.6 Å². The van der Waals surface area contributed by atoms with Crippen molar-refractivity contribution in [2.45, 2.75) is 0 Å². The molecule has 0 saturated heterocycles. The Morgan fingerprint density at radius 2 is 1.08 bits per heavy atom. The Balaban J connectivity index is 1.27. The molecule has 8 aromatic carbocycles. The van der Waals surface area contributed by atoms with E-state index in [2.05, 4.69) is 179 Å². The first-order valence-electron chi connectivity index (χ1n) is 17.9. The molecule has 12 rings (SSSR count). The molecule has 0 aliphatic carbocycles. The molecule has 5 heteroatoms. The first kappa shape index (κ1) is 28.8. The zero-order valence-corrected chi connectivity index (χ0v) is 29.2. The fourth-order valence-corrected chi connectivity index (χ4v) is 9.76. The van der Waals surface area contributed by atoms with Gasteiger partial charge in [0, 0.05) is 42.9 Å². The zero-order chi connectivity index (χ0) is 34.6. The number of thiophene rings is 1. The van der Waals surface area contributed by atoms with Crippen LogP contribution in [0, 0.1) is 0 Å². The molecule has 0 N–H and O–H groups in total. The van der Waals surface area contributed by atoms with E-state index in [4.69, 9.17) is 9.97 Å². The van der Waals surface area contributed by atoms with Gasteiger partial charge in [-0.15, -0.1) is 11.3 Å². The van der Waals surface area contributed by atoms with Crippen LogP contribution in [0.25, 0.3) is 108 Å². The lowest BCUT2D eigenvalue weighted by molar-refractivity contribution is 1.02. The van der Waals surface area contributed by atoms with Gasteiger partial charge in [-0.3, -0.25) is 4.57 Å². The fraction of sp³-hybridized carbons (Fsp3) is 0. The highest BCUT2D eigenvalue weighted by Crippen LogP contribution is 2.44. The largest absolute Gasteiger partial charge is 0.309 e. The number of para-hydroxylation sites is 2. The molecule has 53 heavy (non-hydrogen) atoms. The van der Waals surface area contributed by atoms with Gasteiger partial charge >= 0.3 is 0 Å². The number of rotatable bonds is 3. The van der Waals surface area contributed by atoms with Crippen LogP contribution < -0.4 is 0 Å². The lowest BCUT2D eigenvalue weighted by atomic mass is 10.0. The number of hydrogen-bond acceptors (Lipinski definition) is 3. The SMILES string of the molecule is c1ccc(-n2c3ccccc3c3cc4c(cc32)c2c3ccccc3ccc2n4-c2nc(-c3cccc4ccccc34)c3sc4ccccc4c3n2)cc1. The van der Waals surface area contributed by atoms with Gasteiger partial charge in [0.2, 0.25) is 5.95 Å². The minimum atomic E-state index is 0.672. The Morgan fingerprint density at radius 3 is 1.94 bits per heavy atom. The minimum absolute atomic E-state index is 0.672. The second-order valence-electron chi connectivity index (χ2n) is 13.8. The van der Waals surface area contributed by atoms with Crippen molar-refractivity contribution in [3.05, 3.63) is 170 Å². The maximum Gasteiger partial charge on any atom is 0.235 e. The molecule has 0 aliphatic heterocycles. The normalized spacial score (nSPS) is 12.2. The summed E-state index contributed by atoms with van der Waals surface area (Å²) in [4.78, 5) is 11.1. The van der Waals surface area contributed by atoms with Crippen molar-refractivity contribution >= 4 is 96.8 Å². The Hall–Kier alpha value is -6.82. The number of nitrogens with zero attached hydrogens (tertiary/aromatic N) is 4. The van der Waals surface area contributed by atoms with E-state index < -0.39 is 0 Å². The lowest BCUT2D eigenvalue weighted by Gasteiger charge is -2.12. The lowest BCUT2D eigenvalue weighted by Crippen LogP contribution is -2.03. The van der Waals surface area contributed by atoms with Crippen molar-refractivity contribution in [2.75, 3.05) is 0 Å². The molecule has 0 aliphatic rings. The Labute approximate surface area is 307 Å². The van der Waals surface area contributed by atoms with Crippen LogP contribution in [0.4, 0.5) is 0 Å². The van der Waals surface area contributed by atoms with Crippen LogP contribution in [-0.4, -0.2) is 19.1 Å². The second kappa shape index (κ2) is 10.8. The molecule has 0 radical (unpaired) electrons. The number of benzene rings is 8. The molecule has 246 valence electrons. The van der Waals surface area contributed by atoms with E-state index >= 15 is 0 Å². The van der Waals surface area contributed by atoms with Crippen LogP contribution in [0.1, 0.15) is 0 Å². The van der Waals surface area contributed by atoms with Crippen LogP contribution in [0.15, 0.2) is 170 Å². The topological polar surface area (TPSA) is 35.6 Å². The third-order valence-electron chi connectivity index (χ3n) is 10.9. The number of aromatic nitrogens is 4. The molecule has 0 spiro atoms. The van der Waals surface area contributed by atoms with Crippen LogP contribution in [-0.2, 0) is 0 Å². The smallest absolute Gasteiger partial charge is 0.235 e. The quantitative estimate of drug-likeness (QED) is 0.185. The van der Waals surface area contributed by atoms with E-state index in [1.165, 1.54) is 58.8 Å². The van der Waals surface area contributed by atoms with Gasteiger partial charge in [0.25, 0.3) is 0 Å². The summed E-state index contributed by atoms with van der Waals surface area (Å²) in [6.45, 7) is 0. The van der Waals surface area contributed by atoms with Gasteiger partial charge in [-0.05, 0) is 64.0 Å². The summed E-state index contributed by atoms with van der Waals surface area (Å²) in [7, 11) is 0. The molecular formula is C48H28N4S.